The lowest BCUT2D eigenvalue weighted by atomic mass is 10.1. The van der Waals surface area contributed by atoms with Crippen LogP contribution in [0.15, 0.2) is 52.3 Å². The number of hydrogen-bond acceptors (Lipinski definition) is 8. The lowest BCUT2D eigenvalue weighted by Crippen LogP contribution is -2.39. The average Bonchev–Trinajstić information content (AvgIpc) is 3.28. The fourth-order valence-corrected chi connectivity index (χ4v) is 2.91. The summed E-state index contributed by atoms with van der Waals surface area (Å²) in [6, 6.07) is 8.32. The van der Waals surface area contributed by atoms with Crippen molar-refractivity contribution in [1.82, 2.24) is 0 Å². The summed E-state index contributed by atoms with van der Waals surface area (Å²) in [6.45, 7) is 1.76. The minimum absolute atomic E-state index is 0.0152. The number of carbonyl (C=O) groups is 3. The van der Waals surface area contributed by atoms with Gasteiger partial charge in [-0.2, -0.15) is 0 Å². The quantitative estimate of drug-likeness (QED) is 0.762. The number of furan rings is 1. The Balaban J connectivity index is 2.00. The van der Waals surface area contributed by atoms with E-state index in [2.05, 4.69) is 5.32 Å². The molecule has 0 saturated carbocycles. The van der Waals surface area contributed by atoms with Crippen LogP contribution < -0.4 is 10.2 Å². The lowest BCUT2D eigenvalue weighted by Gasteiger charge is -2.32. The van der Waals surface area contributed by atoms with Crippen LogP contribution >= 0.6 is 0 Å². The van der Waals surface area contributed by atoms with E-state index in [9.17, 15) is 14.4 Å². The van der Waals surface area contributed by atoms with Gasteiger partial charge in [0.1, 0.15) is 12.4 Å². The van der Waals surface area contributed by atoms with E-state index in [4.69, 9.17) is 18.6 Å². The zero-order valence-electron chi connectivity index (χ0n) is 16.2. The second-order valence-corrected chi connectivity index (χ2v) is 6.15. The van der Waals surface area contributed by atoms with Crippen molar-refractivity contribution in [1.29, 1.82) is 0 Å². The Hall–Kier alpha value is -3.59. The van der Waals surface area contributed by atoms with Gasteiger partial charge in [-0.05, 0) is 36.8 Å². The molecule has 0 spiro atoms. The molecular weight excluding hydrogens is 380 g/mol. The highest BCUT2D eigenvalue weighted by molar-refractivity contribution is 6.04. The molecule has 29 heavy (non-hydrogen) atoms. The number of esters is 2. The number of methoxy groups -OCH3 is 2. The molecular formula is C20H20N2O7. The molecule has 1 aromatic heterocycles. The van der Waals surface area contributed by atoms with E-state index in [-0.39, 0.29) is 30.4 Å². The summed E-state index contributed by atoms with van der Waals surface area (Å²) in [5, 5.41) is 2.73. The summed E-state index contributed by atoms with van der Waals surface area (Å²) in [5.41, 5.74) is 1.90. The van der Waals surface area contributed by atoms with Crippen molar-refractivity contribution >= 4 is 29.2 Å². The molecule has 1 aliphatic rings. The number of nitrogens with one attached hydrogen (secondary N) is 1. The molecule has 1 N–H and O–H groups in total. The SMILES string of the molecule is COC(=O)C1=C(C(=O)OC)N(c2cc(NC(=O)c3ccco3)ccc2C)COC1. The topological polar surface area (TPSA) is 107 Å². The highest BCUT2D eigenvalue weighted by Gasteiger charge is 2.33. The zero-order valence-corrected chi connectivity index (χ0v) is 16.2. The number of aryl methyl sites for hydroxylation is 1. The third kappa shape index (κ3) is 4.14. The predicted molar refractivity (Wildman–Crippen MR) is 102 cm³/mol. The van der Waals surface area contributed by atoms with Gasteiger partial charge < -0.3 is 28.8 Å². The van der Waals surface area contributed by atoms with Gasteiger partial charge in [-0.1, -0.05) is 6.07 Å². The van der Waals surface area contributed by atoms with E-state index < -0.39 is 17.8 Å². The Kier molecular flexibility index (Phi) is 5.99. The van der Waals surface area contributed by atoms with E-state index in [0.29, 0.717) is 11.4 Å². The number of nitrogens with zero attached hydrogens (tertiary/aromatic N) is 1. The average molecular weight is 400 g/mol. The predicted octanol–water partition coefficient (Wildman–Crippen LogP) is 2.23. The van der Waals surface area contributed by atoms with Gasteiger partial charge in [0, 0.05) is 11.4 Å². The smallest absolute Gasteiger partial charge is 0.355 e. The van der Waals surface area contributed by atoms with Gasteiger partial charge in [-0.3, -0.25) is 4.79 Å². The summed E-state index contributed by atoms with van der Waals surface area (Å²) in [5.74, 6) is -1.64. The summed E-state index contributed by atoms with van der Waals surface area (Å²) in [6.07, 6.45) is 1.41. The molecule has 0 unspecified atom stereocenters. The number of ether oxygens (including phenoxy) is 3. The maximum atomic E-state index is 12.4. The largest absolute Gasteiger partial charge is 0.466 e. The van der Waals surface area contributed by atoms with Crippen LogP contribution in [-0.2, 0) is 23.8 Å². The standard InChI is InChI=1S/C20H20N2O7/c1-12-6-7-13(21-18(23)16-5-4-8-29-16)9-15(12)22-11-28-10-14(19(24)26-2)17(22)20(25)27-3/h4-9H,10-11H2,1-3H3,(H,21,23). The summed E-state index contributed by atoms with van der Waals surface area (Å²) < 4.78 is 20.2. The molecule has 1 aromatic carbocycles. The fraction of sp³-hybridized carbons (Fsp3) is 0.250. The van der Waals surface area contributed by atoms with E-state index in [1.807, 2.05) is 6.92 Å². The van der Waals surface area contributed by atoms with Crippen LogP contribution in [0, 0.1) is 6.92 Å². The van der Waals surface area contributed by atoms with Crippen molar-refractivity contribution in [2.75, 3.05) is 37.8 Å². The maximum absolute atomic E-state index is 12.4. The molecule has 3 rings (SSSR count). The third-order valence-electron chi connectivity index (χ3n) is 4.34. The molecule has 9 nitrogen and oxygen atoms in total. The first-order chi connectivity index (χ1) is 14.0. The molecule has 0 radical (unpaired) electrons. The van der Waals surface area contributed by atoms with Crippen molar-refractivity contribution in [2.24, 2.45) is 0 Å². The van der Waals surface area contributed by atoms with Crippen LogP contribution in [-0.4, -0.2) is 45.4 Å². The first kappa shape index (κ1) is 20.2. The molecule has 0 saturated heterocycles. The Morgan fingerprint density at radius 1 is 1.10 bits per heavy atom. The molecule has 1 amide bonds. The fourth-order valence-electron chi connectivity index (χ4n) is 2.91. The number of anilines is 2. The van der Waals surface area contributed by atoms with Crippen LogP contribution in [0.1, 0.15) is 16.1 Å². The molecule has 0 atom stereocenters. The number of amides is 1. The van der Waals surface area contributed by atoms with Crippen molar-refractivity contribution < 1.29 is 33.0 Å². The van der Waals surface area contributed by atoms with E-state index in [1.165, 1.54) is 25.4 Å². The number of carbonyl (C=O) groups excluding carboxylic acids is 3. The maximum Gasteiger partial charge on any atom is 0.355 e. The van der Waals surface area contributed by atoms with Crippen LogP contribution in [0.2, 0.25) is 0 Å². The molecule has 0 fully saturated rings. The van der Waals surface area contributed by atoms with Crippen LogP contribution in [0.3, 0.4) is 0 Å². The Morgan fingerprint density at radius 3 is 2.52 bits per heavy atom. The van der Waals surface area contributed by atoms with Crippen molar-refractivity contribution in [3.05, 3.63) is 59.2 Å². The minimum Gasteiger partial charge on any atom is -0.466 e. The first-order valence-electron chi connectivity index (χ1n) is 8.66. The van der Waals surface area contributed by atoms with Crippen molar-refractivity contribution in [3.8, 4) is 0 Å². The van der Waals surface area contributed by atoms with Gasteiger partial charge in [0.05, 0.1) is 32.7 Å². The van der Waals surface area contributed by atoms with Gasteiger partial charge >= 0.3 is 11.9 Å². The minimum atomic E-state index is -0.696. The van der Waals surface area contributed by atoms with Crippen molar-refractivity contribution in [3.63, 3.8) is 0 Å². The summed E-state index contributed by atoms with van der Waals surface area (Å²) >= 11 is 0. The van der Waals surface area contributed by atoms with Crippen LogP contribution in [0.4, 0.5) is 11.4 Å². The third-order valence-corrected chi connectivity index (χ3v) is 4.34. The Bertz CT molecular complexity index is 963. The number of rotatable bonds is 5. The molecule has 2 heterocycles. The van der Waals surface area contributed by atoms with Gasteiger partial charge in [0.25, 0.3) is 5.91 Å². The van der Waals surface area contributed by atoms with Gasteiger partial charge in [-0.25, -0.2) is 9.59 Å². The molecule has 0 bridgehead atoms. The highest BCUT2D eigenvalue weighted by atomic mass is 16.5. The van der Waals surface area contributed by atoms with Gasteiger partial charge in [-0.15, -0.1) is 0 Å². The monoisotopic (exact) mass is 400 g/mol. The lowest BCUT2D eigenvalue weighted by molar-refractivity contribution is -0.140. The van der Waals surface area contributed by atoms with Gasteiger partial charge in [0.15, 0.2) is 5.76 Å². The molecule has 1 aliphatic heterocycles. The van der Waals surface area contributed by atoms with Crippen LogP contribution in [0.25, 0.3) is 0 Å². The normalized spacial score (nSPS) is 13.8. The van der Waals surface area contributed by atoms with Gasteiger partial charge in [0.2, 0.25) is 0 Å². The van der Waals surface area contributed by atoms with E-state index in [0.717, 1.165) is 5.56 Å². The molecule has 2 aromatic rings. The highest BCUT2D eigenvalue weighted by Crippen LogP contribution is 2.31. The van der Waals surface area contributed by atoms with Crippen LogP contribution in [0.5, 0.6) is 0 Å². The second kappa shape index (κ2) is 8.61. The molecule has 9 heteroatoms. The van der Waals surface area contributed by atoms with E-state index in [1.54, 1.807) is 30.3 Å². The molecule has 0 aliphatic carbocycles. The Labute approximate surface area is 166 Å². The summed E-state index contributed by atoms with van der Waals surface area (Å²) in [7, 11) is 2.45. The molecule has 152 valence electrons. The Morgan fingerprint density at radius 2 is 1.86 bits per heavy atom. The zero-order chi connectivity index (χ0) is 21.0. The number of benzene rings is 1. The summed E-state index contributed by atoms with van der Waals surface area (Å²) in [4.78, 5) is 38.4. The van der Waals surface area contributed by atoms with Crippen molar-refractivity contribution in [2.45, 2.75) is 6.92 Å². The van der Waals surface area contributed by atoms with E-state index >= 15 is 0 Å². The number of hydrogen-bond donors (Lipinski definition) is 1. The first-order valence-corrected chi connectivity index (χ1v) is 8.66. The second-order valence-electron chi connectivity index (χ2n) is 6.15.